The number of alkyl halides is 3. The molecule has 9 heteroatoms. The van der Waals surface area contributed by atoms with Crippen LogP contribution in [0.1, 0.15) is 40.5 Å². The maximum absolute atomic E-state index is 12.9. The van der Waals surface area contributed by atoms with Crippen molar-refractivity contribution >= 4 is 16.9 Å². The molecule has 1 aliphatic carbocycles. The van der Waals surface area contributed by atoms with Gasteiger partial charge < -0.3 is 9.73 Å². The van der Waals surface area contributed by atoms with Gasteiger partial charge in [-0.2, -0.15) is 18.3 Å². The van der Waals surface area contributed by atoms with Crippen molar-refractivity contribution in [3.8, 4) is 0 Å². The first-order valence-electron chi connectivity index (χ1n) is 8.79. The molecule has 6 nitrogen and oxygen atoms in total. The summed E-state index contributed by atoms with van der Waals surface area (Å²) in [6.45, 7) is 0.108. The number of carbonyl (C=O) groups is 1. The second-order valence-electron chi connectivity index (χ2n) is 6.69. The molecule has 0 radical (unpaired) electrons. The van der Waals surface area contributed by atoms with Crippen LogP contribution in [0.4, 0.5) is 13.2 Å². The van der Waals surface area contributed by atoms with Crippen LogP contribution in [-0.4, -0.2) is 22.2 Å². The van der Waals surface area contributed by atoms with Gasteiger partial charge in [0.1, 0.15) is 11.1 Å². The largest absolute Gasteiger partial charge is 0.435 e. The molecule has 3 aromatic rings. The molecule has 0 atom stereocenters. The van der Waals surface area contributed by atoms with E-state index in [4.69, 9.17) is 4.42 Å². The molecular weight excluding hydrogens is 375 g/mol. The fourth-order valence-corrected chi connectivity index (χ4v) is 3.05. The molecule has 28 heavy (non-hydrogen) atoms. The Kier molecular flexibility index (Phi) is 4.44. The summed E-state index contributed by atoms with van der Waals surface area (Å²) in [5, 5.41) is 6.78. The third-order valence-corrected chi connectivity index (χ3v) is 4.59. The number of aromatic nitrogens is 2. The summed E-state index contributed by atoms with van der Waals surface area (Å²) in [5.74, 6) is -0.567. The normalized spacial score (nSPS) is 14.4. The monoisotopic (exact) mass is 391 g/mol. The zero-order chi connectivity index (χ0) is 19.9. The Balaban J connectivity index is 1.47. The number of rotatable bonds is 5. The van der Waals surface area contributed by atoms with Crippen molar-refractivity contribution in [1.82, 2.24) is 15.1 Å². The number of para-hydroxylation sites is 1. The van der Waals surface area contributed by atoms with Gasteiger partial charge in [0.2, 0.25) is 0 Å². The van der Waals surface area contributed by atoms with Crippen molar-refractivity contribution in [2.75, 3.05) is 6.54 Å². The first kappa shape index (κ1) is 18.3. The van der Waals surface area contributed by atoms with Gasteiger partial charge in [-0.3, -0.25) is 9.48 Å². The number of hydrogen-bond acceptors (Lipinski definition) is 4. The smallest absolute Gasteiger partial charge is 0.422 e. The van der Waals surface area contributed by atoms with Crippen LogP contribution >= 0.6 is 0 Å². The molecule has 0 aliphatic heterocycles. The van der Waals surface area contributed by atoms with Crippen LogP contribution in [-0.2, 0) is 12.7 Å². The van der Waals surface area contributed by atoms with E-state index in [0.29, 0.717) is 16.7 Å². The summed E-state index contributed by atoms with van der Waals surface area (Å²) in [6.07, 6.45) is -2.86. The lowest BCUT2D eigenvalue weighted by Gasteiger charge is -2.08. The lowest BCUT2D eigenvalue weighted by Crippen LogP contribution is -2.31. The number of carbonyl (C=O) groups excluding carboxylic acids is 1. The van der Waals surface area contributed by atoms with Gasteiger partial charge in [0.25, 0.3) is 5.91 Å². The molecule has 1 N–H and O–H groups in total. The van der Waals surface area contributed by atoms with E-state index in [1.165, 1.54) is 10.7 Å². The first-order valence-corrected chi connectivity index (χ1v) is 8.79. The standard InChI is InChI=1S/C19H16F3N3O3/c20-19(21,22)16-10-14(11-5-6-11)25(24-16)8-7-23-17(26)13-9-12-3-1-2-4-15(12)28-18(13)27/h1-4,9-11H,5-8H2,(H,23,26). The van der Waals surface area contributed by atoms with E-state index >= 15 is 0 Å². The lowest BCUT2D eigenvalue weighted by atomic mass is 10.2. The van der Waals surface area contributed by atoms with Crippen molar-refractivity contribution in [2.45, 2.75) is 31.5 Å². The van der Waals surface area contributed by atoms with Crippen LogP contribution in [0.15, 0.2) is 45.6 Å². The molecule has 1 aliphatic rings. The van der Waals surface area contributed by atoms with Gasteiger partial charge in [-0.25, -0.2) is 4.79 Å². The number of fused-ring (bicyclic) bond motifs is 1. The Morgan fingerprint density at radius 1 is 1.25 bits per heavy atom. The summed E-state index contributed by atoms with van der Waals surface area (Å²) >= 11 is 0. The van der Waals surface area contributed by atoms with E-state index in [0.717, 1.165) is 18.9 Å². The van der Waals surface area contributed by atoms with Crippen LogP contribution in [0.2, 0.25) is 0 Å². The Hall–Kier alpha value is -3.10. The van der Waals surface area contributed by atoms with E-state index < -0.39 is 23.4 Å². The van der Waals surface area contributed by atoms with Gasteiger partial charge in [-0.1, -0.05) is 18.2 Å². The Labute approximate surface area is 157 Å². The fourth-order valence-electron chi connectivity index (χ4n) is 3.05. The molecule has 1 aromatic carbocycles. The molecule has 1 fully saturated rings. The van der Waals surface area contributed by atoms with E-state index in [1.807, 2.05) is 0 Å². The molecule has 1 amide bonds. The van der Waals surface area contributed by atoms with Gasteiger partial charge in [0.15, 0.2) is 5.69 Å². The molecule has 0 unspecified atom stereocenters. The topological polar surface area (TPSA) is 77.1 Å². The third-order valence-electron chi connectivity index (χ3n) is 4.59. The highest BCUT2D eigenvalue weighted by molar-refractivity contribution is 5.96. The average Bonchev–Trinajstić information content (AvgIpc) is 3.39. The first-order chi connectivity index (χ1) is 13.3. The molecule has 0 bridgehead atoms. The second kappa shape index (κ2) is 6.81. The predicted molar refractivity (Wildman–Crippen MR) is 94.0 cm³/mol. The van der Waals surface area contributed by atoms with Crippen LogP contribution in [0, 0.1) is 0 Å². The van der Waals surface area contributed by atoms with Crippen molar-refractivity contribution in [3.63, 3.8) is 0 Å². The number of benzene rings is 1. The summed E-state index contributed by atoms with van der Waals surface area (Å²) in [6, 6.07) is 9.29. The van der Waals surface area contributed by atoms with Crippen molar-refractivity contribution in [3.05, 3.63) is 63.8 Å². The Bertz CT molecular complexity index is 1100. The molecule has 4 rings (SSSR count). The highest BCUT2D eigenvalue weighted by Crippen LogP contribution is 2.42. The van der Waals surface area contributed by atoms with Gasteiger partial charge in [0, 0.05) is 23.5 Å². The van der Waals surface area contributed by atoms with E-state index in [-0.39, 0.29) is 24.6 Å². The van der Waals surface area contributed by atoms with Gasteiger partial charge in [-0.15, -0.1) is 0 Å². The SMILES string of the molecule is O=C(NCCn1nc(C(F)(F)F)cc1C1CC1)c1cc2ccccc2oc1=O. The van der Waals surface area contributed by atoms with Gasteiger partial charge in [0.05, 0.1) is 6.54 Å². The van der Waals surface area contributed by atoms with E-state index in [1.54, 1.807) is 24.3 Å². The number of halogens is 3. The lowest BCUT2D eigenvalue weighted by molar-refractivity contribution is -0.141. The molecule has 0 saturated heterocycles. The van der Waals surface area contributed by atoms with Crippen LogP contribution in [0.25, 0.3) is 11.0 Å². The molecule has 2 heterocycles. The number of amides is 1. The van der Waals surface area contributed by atoms with E-state index in [2.05, 4.69) is 10.4 Å². The second-order valence-corrected chi connectivity index (χ2v) is 6.69. The van der Waals surface area contributed by atoms with Crippen LogP contribution in [0.5, 0.6) is 0 Å². The predicted octanol–water partition coefficient (Wildman–Crippen LogP) is 3.32. The quantitative estimate of drug-likeness (QED) is 0.677. The maximum Gasteiger partial charge on any atom is 0.435 e. The number of hydrogen-bond donors (Lipinski definition) is 1. The van der Waals surface area contributed by atoms with Gasteiger partial charge in [-0.05, 0) is 31.0 Å². The summed E-state index contributed by atoms with van der Waals surface area (Å²) in [5.41, 5.74) is -0.970. The molecular formula is C19H16F3N3O3. The van der Waals surface area contributed by atoms with Crippen LogP contribution in [0.3, 0.4) is 0 Å². The van der Waals surface area contributed by atoms with E-state index in [9.17, 15) is 22.8 Å². The molecule has 2 aromatic heterocycles. The van der Waals surface area contributed by atoms with Gasteiger partial charge >= 0.3 is 11.8 Å². The van der Waals surface area contributed by atoms with Crippen molar-refractivity contribution < 1.29 is 22.4 Å². The average molecular weight is 391 g/mol. The minimum atomic E-state index is -4.51. The Morgan fingerprint density at radius 3 is 2.71 bits per heavy atom. The highest BCUT2D eigenvalue weighted by atomic mass is 19.4. The van der Waals surface area contributed by atoms with Crippen LogP contribution < -0.4 is 10.9 Å². The zero-order valence-corrected chi connectivity index (χ0v) is 14.6. The minimum absolute atomic E-state index is 0.0315. The summed E-state index contributed by atoms with van der Waals surface area (Å²) < 4.78 is 45.2. The highest BCUT2D eigenvalue weighted by Gasteiger charge is 2.37. The molecule has 1 saturated carbocycles. The maximum atomic E-state index is 12.9. The van der Waals surface area contributed by atoms with Crippen molar-refractivity contribution in [2.24, 2.45) is 0 Å². The zero-order valence-electron chi connectivity index (χ0n) is 14.6. The minimum Gasteiger partial charge on any atom is -0.422 e. The number of nitrogens with one attached hydrogen (secondary N) is 1. The summed E-state index contributed by atoms with van der Waals surface area (Å²) in [7, 11) is 0. The number of nitrogens with zero attached hydrogens (tertiary/aromatic N) is 2. The fraction of sp³-hybridized carbons (Fsp3) is 0.316. The third kappa shape index (κ3) is 3.64. The molecule has 0 spiro atoms. The summed E-state index contributed by atoms with van der Waals surface area (Å²) in [4.78, 5) is 24.3. The Morgan fingerprint density at radius 2 is 2.00 bits per heavy atom. The van der Waals surface area contributed by atoms with Crippen molar-refractivity contribution in [1.29, 1.82) is 0 Å². The molecule has 146 valence electrons.